The van der Waals surface area contributed by atoms with Crippen LogP contribution in [0.1, 0.15) is 37.9 Å². The number of ketones is 1. The van der Waals surface area contributed by atoms with Gasteiger partial charge in [-0.15, -0.1) is 0 Å². The number of hydrogen-bond acceptors (Lipinski definition) is 3. The van der Waals surface area contributed by atoms with E-state index < -0.39 is 0 Å². The van der Waals surface area contributed by atoms with Crippen LogP contribution in [0.3, 0.4) is 0 Å². The molecule has 5 rings (SSSR count). The van der Waals surface area contributed by atoms with Crippen molar-refractivity contribution in [1.29, 1.82) is 0 Å². The molecule has 0 atom stereocenters. The van der Waals surface area contributed by atoms with Crippen molar-refractivity contribution in [1.82, 2.24) is 0 Å². The molecular weight excluding hydrogens is 360 g/mol. The first-order chi connectivity index (χ1) is 14.2. The van der Waals surface area contributed by atoms with E-state index in [9.17, 15) is 4.79 Å². The number of ether oxygens (including phenoxy) is 2. The van der Waals surface area contributed by atoms with Gasteiger partial charge in [-0.25, -0.2) is 0 Å². The standard InChI is InChI=1S/C26H24O3.H2/c1-2-18-5-3-7-20(13-18)21-8-4-6-19(14-21)15-25(27)26(11-12-26)22-9-10-23-24(16-22)29-17-28-23;/h3-10,13-14,16H,2,11-12,15,17H2,1H3;1H. The van der Waals surface area contributed by atoms with E-state index in [1.807, 2.05) is 18.2 Å². The summed E-state index contributed by atoms with van der Waals surface area (Å²) in [6.45, 7) is 2.42. The highest BCUT2D eigenvalue weighted by Gasteiger charge is 2.50. The number of carbonyl (C=O) groups is 1. The Morgan fingerprint density at radius 3 is 2.31 bits per heavy atom. The second-order valence-corrected chi connectivity index (χ2v) is 8.00. The van der Waals surface area contributed by atoms with Crippen molar-refractivity contribution in [2.24, 2.45) is 0 Å². The Morgan fingerprint density at radius 2 is 1.59 bits per heavy atom. The Morgan fingerprint density at radius 1 is 0.897 bits per heavy atom. The van der Waals surface area contributed by atoms with E-state index in [4.69, 9.17) is 9.47 Å². The second-order valence-electron chi connectivity index (χ2n) is 8.00. The highest BCUT2D eigenvalue weighted by molar-refractivity contribution is 5.95. The number of benzene rings is 3. The van der Waals surface area contributed by atoms with E-state index >= 15 is 0 Å². The molecule has 0 N–H and O–H groups in total. The molecule has 0 radical (unpaired) electrons. The molecular formula is C26H26O3. The molecule has 0 spiro atoms. The zero-order valence-corrected chi connectivity index (χ0v) is 16.6. The lowest BCUT2D eigenvalue weighted by Crippen LogP contribution is -2.22. The van der Waals surface area contributed by atoms with Crippen molar-refractivity contribution in [2.45, 2.75) is 38.0 Å². The third-order valence-corrected chi connectivity index (χ3v) is 6.17. The molecule has 3 aromatic rings. The number of Topliss-reactive ketones (excluding diaryl/α,β-unsaturated/α-hetero) is 1. The molecule has 0 saturated heterocycles. The van der Waals surface area contributed by atoms with E-state index in [-0.39, 0.29) is 19.4 Å². The lowest BCUT2D eigenvalue weighted by atomic mass is 9.87. The molecule has 0 aromatic heterocycles. The van der Waals surface area contributed by atoms with E-state index in [1.165, 1.54) is 16.7 Å². The van der Waals surface area contributed by atoms with Gasteiger partial charge in [0.2, 0.25) is 6.79 Å². The van der Waals surface area contributed by atoms with Gasteiger partial charge in [0.1, 0.15) is 5.78 Å². The van der Waals surface area contributed by atoms with Crippen LogP contribution >= 0.6 is 0 Å². The van der Waals surface area contributed by atoms with Gasteiger partial charge in [0, 0.05) is 7.85 Å². The molecule has 1 fully saturated rings. The SMILES string of the molecule is CCc1cccc(-c2cccc(CC(=O)C3(c4ccc5c(c4)OCO5)CC3)c2)c1.[HH]. The van der Waals surface area contributed by atoms with E-state index in [0.29, 0.717) is 6.42 Å². The number of rotatable bonds is 6. The Hall–Kier alpha value is -3.07. The number of carbonyl (C=O) groups excluding carboxylic acids is 1. The van der Waals surface area contributed by atoms with Gasteiger partial charge in [0.15, 0.2) is 11.5 Å². The Balaban J connectivity index is 0.00000218. The summed E-state index contributed by atoms with van der Waals surface area (Å²) in [7, 11) is 0. The molecule has 2 aliphatic rings. The molecule has 1 heterocycles. The monoisotopic (exact) mass is 386 g/mol. The minimum Gasteiger partial charge on any atom is -0.454 e. The van der Waals surface area contributed by atoms with Gasteiger partial charge in [0.25, 0.3) is 0 Å². The van der Waals surface area contributed by atoms with Crippen LogP contribution in [-0.2, 0) is 23.1 Å². The Labute approximate surface area is 172 Å². The predicted octanol–water partition coefficient (Wildman–Crippen LogP) is 5.73. The summed E-state index contributed by atoms with van der Waals surface area (Å²) in [6.07, 6.45) is 3.28. The molecule has 0 bridgehead atoms. The van der Waals surface area contributed by atoms with Gasteiger partial charge < -0.3 is 9.47 Å². The summed E-state index contributed by atoms with van der Waals surface area (Å²) < 4.78 is 10.9. The third kappa shape index (κ3) is 3.31. The fourth-order valence-corrected chi connectivity index (χ4v) is 4.23. The highest BCUT2D eigenvalue weighted by atomic mass is 16.7. The summed E-state index contributed by atoms with van der Waals surface area (Å²) in [5.41, 5.74) is 5.46. The normalized spacial score (nSPS) is 15.9. The van der Waals surface area contributed by atoms with E-state index in [0.717, 1.165) is 41.9 Å². The van der Waals surface area contributed by atoms with Gasteiger partial charge in [0.05, 0.1) is 5.41 Å². The molecule has 1 saturated carbocycles. The minimum atomic E-state index is -0.362. The largest absolute Gasteiger partial charge is 0.454 e. The van der Waals surface area contributed by atoms with E-state index in [2.05, 4.69) is 55.5 Å². The summed E-state index contributed by atoms with van der Waals surface area (Å²) >= 11 is 0. The molecule has 3 heteroatoms. The van der Waals surface area contributed by atoms with Crippen LogP contribution in [0.4, 0.5) is 0 Å². The van der Waals surface area contributed by atoms with Crippen molar-refractivity contribution in [3.8, 4) is 22.6 Å². The lowest BCUT2D eigenvalue weighted by Gasteiger charge is -2.16. The van der Waals surface area contributed by atoms with Crippen LogP contribution in [0.5, 0.6) is 11.5 Å². The first kappa shape index (κ1) is 18.0. The zero-order chi connectivity index (χ0) is 19.8. The average molecular weight is 386 g/mol. The van der Waals surface area contributed by atoms with Crippen molar-refractivity contribution in [3.63, 3.8) is 0 Å². The first-order valence-electron chi connectivity index (χ1n) is 10.3. The fourth-order valence-electron chi connectivity index (χ4n) is 4.23. The topological polar surface area (TPSA) is 35.5 Å². The maximum Gasteiger partial charge on any atom is 0.231 e. The van der Waals surface area contributed by atoms with E-state index in [1.54, 1.807) is 0 Å². The average Bonchev–Trinajstić information content (AvgIpc) is 3.45. The molecule has 0 unspecified atom stereocenters. The highest BCUT2D eigenvalue weighted by Crippen LogP contribution is 2.51. The van der Waals surface area contributed by atoms with Crippen LogP contribution in [0.15, 0.2) is 66.7 Å². The molecule has 148 valence electrons. The summed E-state index contributed by atoms with van der Waals surface area (Å²) in [4.78, 5) is 13.3. The molecule has 3 nitrogen and oxygen atoms in total. The third-order valence-electron chi connectivity index (χ3n) is 6.17. The molecule has 1 aliphatic carbocycles. The van der Waals surface area contributed by atoms with Crippen LogP contribution in [0.2, 0.25) is 0 Å². The van der Waals surface area contributed by atoms with Gasteiger partial charge in [-0.05, 0) is 59.2 Å². The molecule has 3 aromatic carbocycles. The minimum absolute atomic E-state index is 0. The fraction of sp³-hybridized carbons (Fsp3) is 0.269. The second kappa shape index (κ2) is 7.07. The Bertz CT molecular complexity index is 1090. The summed E-state index contributed by atoms with van der Waals surface area (Å²) in [5, 5.41) is 0. The molecule has 0 amide bonds. The van der Waals surface area contributed by atoms with Gasteiger partial charge in [-0.1, -0.05) is 61.5 Å². The number of fused-ring (bicyclic) bond motifs is 1. The van der Waals surface area contributed by atoms with Crippen molar-refractivity contribution >= 4 is 5.78 Å². The maximum atomic E-state index is 13.3. The smallest absolute Gasteiger partial charge is 0.231 e. The predicted molar refractivity (Wildman–Crippen MR) is 116 cm³/mol. The van der Waals surface area contributed by atoms with Crippen LogP contribution in [-0.4, -0.2) is 12.6 Å². The first-order valence-corrected chi connectivity index (χ1v) is 10.3. The van der Waals surface area contributed by atoms with Crippen LogP contribution in [0, 0.1) is 0 Å². The number of hydrogen-bond donors (Lipinski definition) is 0. The summed E-state index contributed by atoms with van der Waals surface area (Å²) in [5.74, 6) is 1.80. The van der Waals surface area contributed by atoms with Gasteiger partial charge in [-0.2, -0.15) is 0 Å². The van der Waals surface area contributed by atoms with Crippen LogP contribution in [0.25, 0.3) is 11.1 Å². The maximum absolute atomic E-state index is 13.3. The van der Waals surface area contributed by atoms with Gasteiger partial charge in [-0.3, -0.25) is 4.79 Å². The number of aryl methyl sites for hydroxylation is 1. The zero-order valence-electron chi connectivity index (χ0n) is 16.6. The van der Waals surface area contributed by atoms with Crippen LogP contribution < -0.4 is 9.47 Å². The molecule has 29 heavy (non-hydrogen) atoms. The summed E-state index contributed by atoms with van der Waals surface area (Å²) in [6, 6.07) is 22.9. The van der Waals surface area contributed by atoms with Crippen molar-refractivity contribution in [2.75, 3.05) is 6.79 Å². The van der Waals surface area contributed by atoms with Crippen molar-refractivity contribution < 1.29 is 15.7 Å². The molecule has 1 aliphatic heterocycles. The van der Waals surface area contributed by atoms with Gasteiger partial charge >= 0.3 is 0 Å². The lowest BCUT2D eigenvalue weighted by molar-refractivity contribution is -0.120. The van der Waals surface area contributed by atoms with Crippen molar-refractivity contribution in [3.05, 3.63) is 83.4 Å². The quantitative estimate of drug-likeness (QED) is 0.542. The Kier molecular flexibility index (Phi) is 4.39.